The molecule has 0 aliphatic carbocycles. The molecule has 0 radical (unpaired) electrons. The normalized spacial score (nSPS) is 11.1. The number of ether oxygens (including phenoxy) is 2. The summed E-state index contributed by atoms with van der Waals surface area (Å²) in [6.45, 7) is 2.43. The number of para-hydroxylation sites is 2. The second kappa shape index (κ2) is 9.50. The molecular weight excluding hydrogens is 334 g/mol. The Hall–Kier alpha value is -2.78. The summed E-state index contributed by atoms with van der Waals surface area (Å²) in [6, 6.07) is 17.3. The van der Waals surface area contributed by atoms with Gasteiger partial charge in [0.25, 0.3) is 0 Å². The van der Waals surface area contributed by atoms with Crippen molar-refractivity contribution >= 4 is 23.0 Å². The SMILES string of the molecule is COc1ccccc1OC[C@@H](C)NC(=S)Nc1ccc(CC#N)cc1. The lowest BCUT2D eigenvalue weighted by molar-refractivity contribution is 0.270. The Balaban J connectivity index is 1.80. The van der Waals surface area contributed by atoms with Crippen LogP contribution in [0.5, 0.6) is 11.5 Å². The summed E-state index contributed by atoms with van der Waals surface area (Å²) in [5.74, 6) is 1.40. The average Bonchev–Trinajstić information content (AvgIpc) is 2.62. The molecule has 0 aromatic heterocycles. The second-order valence-electron chi connectivity index (χ2n) is 5.49. The molecule has 0 heterocycles. The first kappa shape index (κ1) is 18.6. The summed E-state index contributed by atoms with van der Waals surface area (Å²) in [5, 5.41) is 15.5. The molecule has 25 heavy (non-hydrogen) atoms. The minimum Gasteiger partial charge on any atom is -0.493 e. The number of nitrogens with zero attached hydrogens (tertiary/aromatic N) is 1. The number of benzene rings is 2. The molecule has 0 fully saturated rings. The Morgan fingerprint density at radius 1 is 1.16 bits per heavy atom. The van der Waals surface area contributed by atoms with E-state index < -0.39 is 0 Å². The Morgan fingerprint density at radius 2 is 1.84 bits per heavy atom. The van der Waals surface area contributed by atoms with E-state index in [0.29, 0.717) is 29.6 Å². The molecule has 2 aromatic carbocycles. The van der Waals surface area contributed by atoms with E-state index in [4.69, 9.17) is 27.0 Å². The Morgan fingerprint density at radius 3 is 2.48 bits per heavy atom. The monoisotopic (exact) mass is 355 g/mol. The lowest BCUT2D eigenvalue weighted by atomic mass is 10.1. The van der Waals surface area contributed by atoms with Gasteiger partial charge in [-0.3, -0.25) is 0 Å². The Labute approximate surface area is 153 Å². The molecule has 0 bridgehead atoms. The largest absolute Gasteiger partial charge is 0.493 e. The van der Waals surface area contributed by atoms with Crippen molar-refractivity contribution < 1.29 is 9.47 Å². The van der Waals surface area contributed by atoms with Crippen molar-refractivity contribution in [2.75, 3.05) is 19.0 Å². The van der Waals surface area contributed by atoms with Crippen LogP contribution in [0, 0.1) is 11.3 Å². The molecule has 0 amide bonds. The van der Waals surface area contributed by atoms with E-state index in [1.807, 2.05) is 55.5 Å². The quantitative estimate of drug-likeness (QED) is 0.741. The molecule has 0 saturated carbocycles. The van der Waals surface area contributed by atoms with Crippen LogP contribution in [0.1, 0.15) is 12.5 Å². The van der Waals surface area contributed by atoms with Crippen LogP contribution in [-0.2, 0) is 6.42 Å². The van der Waals surface area contributed by atoms with Gasteiger partial charge >= 0.3 is 0 Å². The minimum absolute atomic E-state index is 0.0165. The molecule has 5 nitrogen and oxygen atoms in total. The highest BCUT2D eigenvalue weighted by Crippen LogP contribution is 2.25. The zero-order valence-corrected chi connectivity index (χ0v) is 15.1. The van der Waals surface area contributed by atoms with Crippen LogP contribution in [0.4, 0.5) is 5.69 Å². The standard InChI is InChI=1S/C19H21N3O2S/c1-14(13-24-18-6-4-3-5-17(18)23-2)21-19(25)22-16-9-7-15(8-10-16)11-12-20/h3-10,14H,11,13H2,1-2H3,(H2,21,22,25)/t14-/m1/s1. The van der Waals surface area contributed by atoms with Gasteiger partial charge in [-0.05, 0) is 49.0 Å². The number of hydrogen-bond acceptors (Lipinski definition) is 4. The molecule has 2 rings (SSSR count). The number of rotatable bonds is 7. The van der Waals surface area contributed by atoms with Gasteiger partial charge in [0.2, 0.25) is 0 Å². The fourth-order valence-electron chi connectivity index (χ4n) is 2.18. The number of nitrogens with one attached hydrogen (secondary N) is 2. The molecule has 0 aliphatic rings. The van der Waals surface area contributed by atoms with E-state index in [2.05, 4.69) is 16.7 Å². The van der Waals surface area contributed by atoms with Gasteiger partial charge in [-0.2, -0.15) is 5.26 Å². The first-order valence-corrected chi connectivity index (χ1v) is 8.32. The number of anilines is 1. The number of hydrogen-bond donors (Lipinski definition) is 2. The van der Waals surface area contributed by atoms with Gasteiger partial charge in [0.15, 0.2) is 16.6 Å². The first-order chi connectivity index (χ1) is 12.1. The minimum atomic E-state index is 0.0165. The molecule has 0 unspecified atom stereocenters. The van der Waals surface area contributed by atoms with Crippen LogP contribution >= 0.6 is 12.2 Å². The van der Waals surface area contributed by atoms with E-state index in [1.54, 1.807) is 7.11 Å². The summed E-state index contributed by atoms with van der Waals surface area (Å²) in [6.07, 6.45) is 0.403. The highest BCUT2D eigenvalue weighted by atomic mass is 32.1. The van der Waals surface area contributed by atoms with Crippen molar-refractivity contribution in [3.05, 3.63) is 54.1 Å². The number of nitriles is 1. The molecule has 0 spiro atoms. The van der Waals surface area contributed by atoms with Gasteiger partial charge in [0, 0.05) is 5.69 Å². The maximum absolute atomic E-state index is 8.68. The van der Waals surface area contributed by atoms with Crippen molar-refractivity contribution in [3.8, 4) is 17.6 Å². The van der Waals surface area contributed by atoms with Gasteiger partial charge in [-0.25, -0.2) is 0 Å². The van der Waals surface area contributed by atoms with Gasteiger partial charge in [-0.1, -0.05) is 24.3 Å². The Kier molecular flexibility index (Phi) is 7.05. The van der Waals surface area contributed by atoms with Crippen molar-refractivity contribution in [1.29, 1.82) is 5.26 Å². The van der Waals surface area contributed by atoms with Crippen LogP contribution in [0.15, 0.2) is 48.5 Å². The van der Waals surface area contributed by atoms with Gasteiger partial charge in [-0.15, -0.1) is 0 Å². The fraction of sp³-hybridized carbons (Fsp3) is 0.263. The van der Waals surface area contributed by atoms with Crippen LogP contribution < -0.4 is 20.1 Å². The van der Waals surface area contributed by atoms with E-state index in [1.165, 1.54) is 0 Å². The summed E-state index contributed by atoms with van der Waals surface area (Å²) in [5.41, 5.74) is 1.85. The maximum Gasteiger partial charge on any atom is 0.171 e. The smallest absolute Gasteiger partial charge is 0.171 e. The molecular formula is C19H21N3O2S. The molecule has 6 heteroatoms. The lowest BCUT2D eigenvalue weighted by Gasteiger charge is -2.18. The first-order valence-electron chi connectivity index (χ1n) is 7.91. The topological polar surface area (TPSA) is 66.3 Å². The average molecular weight is 355 g/mol. The molecule has 2 N–H and O–H groups in total. The highest BCUT2D eigenvalue weighted by molar-refractivity contribution is 7.80. The highest BCUT2D eigenvalue weighted by Gasteiger charge is 2.08. The van der Waals surface area contributed by atoms with E-state index in [-0.39, 0.29) is 6.04 Å². The number of methoxy groups -OCH3 is 1. The van der Waals surface area contributed by atoms with Crippen molar-refractivity contribution in [3.63, 3.8) is 0 Å². The van der Waals surface area contributed by atoms with Crippen molar-refractivity contribution in [2.45, 2.75) is 19.4 Å². The van der Waals surface area contributed by atoms with Crippen molar-refractivity contribution in [1.82, 2.24) is 5.32 Å². The van der Waals surface area contributed by atoms with E-state index in [0.717, 1.165) is 11.3 Å². The predicted molar refractivity (Wildman–Crippen MR) is 103 cm³/mol. The third-order valence-corrected chi connectivity index (χ3v) is 3.65. The second-order valence-corrected chi connectivity index (χ2v) is 5.90. The van der Waals surface area contributed by atoms with Gasteiger partial charge in [0.1, 0.15) is 6.61 Å². The van der Waals surface area contributed by atoms with E-state index >= 15 is 0 Å². The molecule has 0 aliphatic heterocycles. The molecule has 2 aromatic rings. The summed E-state index contributed by atoms with van der Waals surface area (Å²) >= 11 is 5.32. The van der Waals surface area contributed by atoms with Crippen LogP contribution in [0.2, 0.25) is 0 Å². The van der Waals surface area contributed by atoms with Crippen LogP contribution in [0.25, 0.3) is 0 Å². The van der Waals surface area contributed by atoms with Crippen molar-refractivity contribution in [2.24, 2.45) is 0 Å². The lowest BCUT2D eigenvalue weighted by Crippen LogP contribution is -2.39. The van der Waals surface area contributed by atoms with Gasteiger partial charge < -0.3 is 20.1 Å². The molecule has 1 atom stereocenters. The van der Waals surface area contributed by atoms with Crippen LogP contribution in [0.3, 0.4) is 0 Å². The summed E-state index contributed by atoms with van der Waals surface area (Å²) < 4.78 is 11.0. The summed E-state index contributed by atoms with van der Waals surface area (Å²) in [4.78, 5) is 0. The number of thiocarbonyl (C=S) groups is 1. The van der Waals surface area contributed by atoms with Gasteiger partial charge in [0.05, 0.1) is 25.6 Å². The third kappa shape index (κ3) is 5.98. The fourth-order valence-corrected chi connectivity index (χ4v) is 2.50. The maximum atomic E-state index is 8.68. The Bertz CT molecular complexity index is 741. The van der Waals surface area contributed by atoms with E-state index in [9.17, 15) is 0 Å². The molecule has 130 valence electrons. The molecule has 0 saturated heterocycles. The zero-order chi connectivity index (χ0) is 18.1. The van der Waals surface area contributed by atoms with Crippen LogP contribution in [-0.4, -0.2) is 24.9 Å². The zero-order valence-electron chi connectivity index (χ0n) is 14.3. The third-order valence-electron chi connectivity index (χ3n) is 3.43. The predicted octanol–water partition coefficient (Wildman–Crippen LogP) is 3.52. The summed E-state index contributed by atoms with van der Waals surface area (Å²) in [7, 11) is 1.62.